The highest BCUT2D eigenvalue weighted by molar-refractivity contribution is 6.28. The third-order valence-electron chi connectivity index (χ3n) is 3.71. The van der Waals surface area contributed by atoms with E-state index in [1.165, 1.54) is 12.1 Å². The average Bonchev–Trinajstić information content (AvgIpc) is 2.80. The molecule has 0 spiro atoms. The van der Waals surface area contributed by atoms with Gasteiger partial charge in [0.05, 0.1) is 24.6 Å². The summed E-state index contributed by atoms with van der Waals surface area (Å²) in [6.45, 7) is 1.88. The number of fused-ring (bicyclic) bond motifs is 3. The molecule has 0 unspecified atom stereocenters. The first kappa shape index (κ1) is 12.7. The van der Waals surface area contributed by atoms with Gasteiger partial charge >= 0.3 is 0 Å². The number of hydrogen-bond donors (Lipinski definition) is 0. The second kappa shape index (κ2) is 4.79. The van der Waals surface area contributed by atoms with Gasteiger partial charge in [0.2, 0.25) is 5.28 Å². The van der Waals surface area contributed by atoms with Gasteiger partial charge in [-0.2, -0.15) is 0 Å². The van der Waals surface area contributed by atoms with E-state index >= 15 is 0 Å². The fraction of sp³-hybridized carbons (Fsp3) is 0.200. The topological polar surface area (TPSA) is 39.9 Å². The Kier molecular flexibility index (Phi) is 2.90. The van der Waals surface area contributed by atoms with E-state index < -0.39 is 0 Å². The van der Waals surface area contributed by atoms with Crippen molar-refractivity contribution in [2.24, 2.45) is 0 Å². The van der Waals surface area contributed by atoms with Gasteiger partial charge in [-0.25, -0.2) is 14.4 Å². The van der Waals surface area contributed by atoms with E-state index in [-0.39, 0.29) is 11.1 Å². The first-order valence-electron chi connectivity index (χ1n) is 6.61. The quantitative estimate of drug-likeness (QED) is 0.647. The molecule has 6 heteroatoms. The summed E-state index contributed by atoms with van der Waals surface area (Å²) in [7, 11) is 0. The van der Waals surface area contributed by atoms with E-state index in [4.69, 9.17) is 16.3 Å². The van der Waals surface area contributed by atoms with Crippen molar-refractivity contribution in [3.63, 3.8) is 0 Å². The molecule has 0 saturated heterocycles. The van der Waals surface area contributed by atoms with Gasteiger partial charge in [0.1, 0.15) is 5.82 Å². The Hall–Kier alpha value is -1.98. The van der Waals surface area contributed by atoms with Crippen molar-refractivity contribution in [1.82, 2.24) is 14.5 Å². The van der Waals surface area contributed by atoms with E-state index in [1.807, 2.05) is 0 Å². The van der Waals surface area contributed by atoms with Crippen molar-refractivity contribution in [1.29, 1.82) is 0 Å². The number of aromatic nitrogens is 3. The molecule has 2 aromatic heterocycles. The highest BCUT2D eigenvalue weighted by Gasteiger charge is 2.22. The van der Waals surface area contributed by atoms with Gasteiger partial charge in [-0.05, 0) is 35.9 Å². The number of hydrogen-bond acceptors (Lipinski definition) is 3. The predicted molar refractivity (Wildman–Crippen MR) is 77.6 cm³/mol. The molecule has 3 aromatic rings. The molecule has 1 aliphatic rings. The van der Waals surface area contributed by atoms with E-state index in [0.717, 1.165) is 28.7 Å². The molecule has 0 radical (unpaired) electrons. The summed E-state index contributed by atoms with van der Waals surface area (Å²) in [5.41, 5.74) is 3.54. The summed E-state index contributed by atoms with van der Waals surface area (Å²) >= 11 is 5.89. The molecule has 0 saturated carbocycles. The zero-order valence-electron chi connectivity index (χ0n) is 11.0. The van der Waals surface area contributed by atoms with Crippen molar-refractivity contribution in [2.45, 2.75) is 13.2 Å². The predicted octanol–water partition coefficient (Wildman–Crippen LogP) is 3.42. The fourth-order valence-electron chi connectivity index (χ4n) is 2.87. The molecule has 0 aliphatic carbocycles. The number of rotatable bonds is 1. The van der Waals surface area contributed by atoms with Crippen LogP contribution in [0.2, 0.25) is 5.28 Å². The molecule has 0 amide bonds. The minimum atomic E-state index is -0.271. The van der Waals surface area contributed by atoms with Crippen molar-refractivity contribution >= 4 is 22.5 Å². The van der Waals surface area contributed by atoms with Crippen LogP contribution < -0.4 is 0 Å². The van der Waals surface area contributed by atoms with Gasteiger partial charge in [0.25, 0.3) is 0 Å². The summed E-state index contributed by atoms with van der Waals surface area (Å²) in [5.74, 6) is -0.271. The van der Waals surface area contributed by atoms with Crippen LogP contribution in [0, 0.1) is 5.82 Å². The fourth-order valence-corrected chi connectivity index (χ4v) is 3.02. The number of nitrogens with zero attached hydrogens (tertiary/aromatic N) is 3. The Bertz CT molecular complexity index is 846. The third-order valence-corrected chi connectivity index (χ3v) is 3.90. The van der Waals surface area contributed by atoms with Crippen LogP contribution in [0.5, 0.6) is 0 Å². The SMILES string of the molecule is Fc1ccc2c(c1)c(-c1ccnc(Cl)n1)c1n2CCOC1. The Labute approximate surface area is 125 Å². The van der Waals surface area contributed by atoms with Gasteiger partial charge < -0.3 is 9.30 Å². The van der Waals surface area contributed by atoms with Crippen LogP contribution in [0.3, 0.4) is 0 Å². The molecule has 21 heavy (non-hydrogen) atoms. The van der Waals surface area contributed by atoms with Gasteiger partial charge in [0.15, 0.2) is 0 Å². The van der Waals surface area contributed by atoms with Crippen molar-refractivity contribution < 1.29 is 9.13 Å². The van der Waals surface area contributed by atoms with Gasteiger partial charge in [0, 0.05) is 29.2 Å². The average molecular weight is 304 g/mol. The number of benzene rings is 1. The standard InChI is InChI=1S/C15H11ClFN3O/c16-15-18-4-3-11(19-15)14-10-7-9(17)1-2-12(10)20-5-6-21-8-13(14)20/h1-4,7H,5-6,8H2. The molecule has 0 fully saturated rings. The monoisotopic (exact) mass is 303 g/mol. The lowest BCUT2D eigenvalue weighted by Crippen LogP contribution is -2.16. The van der Waals surface area contributed by atoms with Crippen LogP contribution in [0.25, 0.3) is 22.2 Å². The smallest absolute Gasteiger partial charge is 0.222 e. The van der Waals surface area contributed by atoms with Crippen LogP contribution in [0.4, 0.5) is 4.39 Å². The Morgan fingerprint density at radius 1 is 1.29 bits per heavy atom. The first-order chi connectivity index (χ1) is 10.2. The maximum absolute atomic E-state index is 13.7. The minimum Gasteiger partial charge on any atom is -0.373 e. The zero-order valence-corrected chi connectivity index (χ0v) is 11.8. The lowest BCUT2D eigenvalue weighted by molar-refractivity contribution is 0.0869. The molecule has 4 rings (SSSR count). The van der Waals surface area contributed by atoms with Crippen LogP contribution in [0.15, 0.2) is 30.5 Å². The van der Waals surface area contributed by atoms with Gasteiger partial charge in [-0.3, -0.25) is 0 Å². The second-order valence-corrected chi connectivity index (χ2v) is 5.24. The molecular weight excluding hydrogens is 293 g/mol. The summed E-state index contributed by atoms with van der Waals surface area (Å²) in [6.07, 6.45) is 1.60. The zero-order chi connectivity index (χ0) is 14.4. The molecular formula is C15H11ClFN3O. The Balaban J connectivity index is 2.09. The summed E-state index contributed by atoms with van der Waals surface area (Å²) in [6, 6.07) is 6.58. The molecule has 1 aromatic carbocycles. The molecule has 4 nitrogen and oxygen atoms in total. The largest absolute Gasteiger partial charge is 0.373 e. The van der Waals surface area contributed by atoms with Crippen LogP contribution >= 0.6 is 11.6 Å². The minimum absolute atomic E-state index is 0.175. The third kappa shape index (κ3) is 2.01. The van der Waals surface area contributed by atoms with E-state index in [2.05, 4.69) is 14.5 Å². The van der Waals surface area contributed by atoms with Crippen molar-refractivity contribution in [2.75, 3.05) is 6.61 Å². The van der Waals surface area contributed by atoms with Crippen molar-refractivity contribution in [3.8, 4) is 11.3 Å². The normalized spacial score (nSPS) is 14.4. The van der Waals surface area contributed by atoms with Crippen LogP contribution in [-0.4, -0.2) is 21.1 Å². The summed E-state index contributed by atoms with van der Waals surface area (Å²) in [5, 5.41) is 0.999. The lowest BCUT2D eigenvalue weighted by Gasteiger charge is -2.17. The van der Waals surface area contributed by atoms with Gasteiger partial charge in [-0.15, -0.1) is 0 Å². The first-order valence-corrected chi connectivity index (χ1v) is 6.99. The van der Waals surface area contributed by atoms with Crippen LogP contribution in [-0.2, 0) is 17.9 Å². The Morgan fingerprint density at radius 3 is 3.05 bits per heavy atom. The molecule has 1 aliphatic heterocycles. The highest BCUT2D eigenvalue weighted by Crippen LogP contribution is 2.36. The van der Waals surface area contributed by atoms with E-state index in [0.29, 0.717) is 18.9 Å². The van der Waals surface area contributed by atoms with Crippen LogP contribution in [0.1, 0.15) is 5.69 Å². The summed E-state index contributed by atoms with van der Waals surface area (Å²) in [4.78, 5) is 8.17. The second-order valence-electron chi connectivity index (χ2n) is 4.90. The maximum atomic E-state index is 13.7. The molecule has 0 atom stereocenters. The maximum Gasteiger partial charge on any atom is 0.222 e. The van der Waals surface area contributed by atoms with E-state index in [1.54, 1.807) is 18.3 Å². The van der Waals surface area contributed by atoms with E-state index in [9.17, 15) is 4.39 Å². The lowest BCUT2D eigenvalue weighted by atomic mass is 10.1. The molecule has 106 valence electrons. The van der Waals surface area contributed by atoms with Gasteiger partial charge in [-0.1, -0.05) is 0 Å². The molecule has 3 heterocycles. The highest BCUT2D eigenvalue weighted by atomic mass is 35.5. The summed E-state index contributed by atoms with van der Waals surface area (Å²) < 4.78 is 21.4. The Morgan fingerprint density at radius 2 is 2.19 bits per heavy atom. The molecule has 0 N–H and O–H groups in total. The molecule has 0 bridgehead atoms. The van der Waals surface area contributed by atoms with Crippen molar-refractivity contribution in [3.05, 3.63) is 47.3 Å². The number of halogens is 2. The number of ether oxygens (including phenoxy) is 1.